The first-order valence-corrected chi connectivity index (χ1v) is 9.41. The molecule has 1 aromatic rings. The molecule has 0 spiro atoms. The van der Waals surface area contributed by atoms with Crippen LogP contribution in [0.3, 0.4) is 0 Å². The van der Waals surface area contributed by atoms with Crippen molar-refractivity contribution in [2.45, 2.75) is 18.9 Å². The summed E-state index contributed by atoms with van der Waals surface area (Å²) in [5.41, 5.74) is 10.5. The molecule has 27 heavy (non-hydrogen) atoms. The SMILES string of the molecule is NC(=O)Nc1nc(N2CCOCC2)sc1C(=O)OC1CCCN(C(N)=O)C1. The Hall–Kier alpha value is -2.60. The predicted octanol–water partition coefficient (Wildman–Crippen LogP) is 0.170. The van der Waals surface area contributed by atoms with E-state index < -0.39 is 24.1 Å². The average molecular weight is 398 g/mol. The minimum absolute atomic E-state index is 0.0709. The van der Waals surface area contributed by atoms with E-state index in [-0.39, 0.29) is 17.2 Å². The average Bonchev–Trinajstić information content (AvgIpc) is 3.06. The van der Waals surface area contributed by atoms with Gasteiger partial charge in [-0.3, -0.25) is 5.32 Å². The van der Waals surface area contributed by atoms with Crippen molar-refractivity contribution in [2.24, 2.45) is 11.5 Å². The number of amides is 4. The van der Waals surface area contributed by atoms with E-state index in [0.29, 0.717) is 50.8 Å². The summed E-state index contributed by atoms with van der Waals surface area (Å²) < 4.78 is 10.8. The smallest absolute Gasteiger partial charge is 0.352 e. The molecular weight excluding hydrogens is 376 g/mol. The molecule has 0 saturated carbocycles. The number of carbonyl (C=O) groups excluding carboxylic acids is 3. The van der Waals surface area contributed by atoms with Gasteiger partial charge >= 0.3 is 18.0 Å². The van der Waals surface area contributed by atoms with Crippen molar-refractivity contribution in [3.63, 3.8) is 0 Å². The van der Waals surface area contributed by atoms with E-state index in [1.54, 1.807) is 0 Å². The maximum Gasteiger partial charge on any atom is 0.352 e. The Morgan fingerprint density at radius 2 is 1.96 bits per heavy atom. The fourth-order valence-corrected chi connectivity index (χ4v) is 3.93. The Kier molecular flexibility index (Phi) is 5.96. The number of nitrogens with two attached hydrogens (primary N) is 2. The van der Waals surface area contributed by atoms with E-state index >= 15 is 0 Å². The number of likely N-dealkylation sites (tertiary alicyclic amines) is 1. The third-order valence-corrected chi connectivity index (χ3v) is 5.38. The number of ether oxygens (including phenoxy) is 2. The van der Waals surface area contributed by atoms with Crippen molar-refractivity contribution in [3.8, 4) is 0 Å². The molecule has 0 aromatic carbocycles. The summed E-state index contributed by atoms with van der Waals surface area (Å²) in [5.74, 6) is -0.548. The number of esters is 1. The van der Waals surface area contributed by atoms with Crippen LogP contribution in [0.5, 0.6) is 0 Å². The summed E-state index contributed by atoms with van der Waals surface area (Å²) in [6, 6.07) is -1.36. The molecule has 12 heteroatoms. The number of hydrogen-bond donors (Lipinski definition) is 3. The first kappa shape index (κ1) is 19.2. The first-order valence-electron chi connectivity index (χ1n) is 8.59. The number of aromatic nitrogens is 1. The van der Waals surface area contributed by atoms with Gasteiger partial charge in [-0.15, -0.1) is 0 Å². The molecule has 2 aliphatic rings. The second-order valence-corrected chi connectivity index (χ2v) is 7.19. The monoisotopic (exact) mass is 398 g/mol. The molecule has 0 radical (unpaired) electrons. The molecule has 148 valence electrons. The van der Waals surface area contributed by atoms with Crippen LogP contribution in [-0.4, -0.2) is 73.4 Å². The highest BCUT2D eigenvalue weighted by atomic mass is 32.1. The predicted molar refractivity (Wildman–Crippen MR) is 97.9 cm³/mol. The highest BCUT2D eigenvalue weighted by Gasteiger charge is 2.29. The maximum atomic E-state index is 12.7. The fourth-order valence-electron chi connectivity index (χ4n) is 2.98. The summed E-state index contributed by atoms with van der Waals surface area (Å²) in [5, 5.41) is 2.95. The van der Waals surface area contributed by atoms with Crippen molar-refractivity contribution >= 4 is 40.3 Å². The number of carbonyl (C=O) groups is 3. The summed E-state index contributed by atoms with van der Waals surface area (Å²) in [6.07, 6.45) is 0.854. The second kappa shape index (κ2) is 8.39. The van der Waals surface area contributed by atoms with Gasteiger partial charge < -0.3 is 30.7 Å². The van der Waals surface area contributed by atoms with E-state index in [2.05, 4.69) is 10.3 Å². The topological polar surface area (TPSA) is 153 Å². The molecule has 2 aliphatic heterocycles. The van der Waals surface area contributed by atoms with Crippen molar-refractivity contribution < 1.29 is 23.9 Å². The van der Waals surface area contributed by atoms with E-state index in [1.165, 1.54) is 4.90 Å². The van der Waals surface area contributed by atoms with Gasteiger partial charge in [0.05, 0.1) is 19.8 Å². The van der Waals surface area contributed by atoms with Crippen LogP contribution < -0.4 is 21.7 Å². The number of anilines is 2. The Balaban J connectivity index is 1.74. The summed E-state index contributed by atoms with van der Waals surface area (Å²) in [7, 11) is 0. The first-order chi connectivity index (χ1) is 12.9. The van der Waals surface area contributed by atoms with Gasteiger partial charge in [-0.05, 0) is 12.8 Å². The number of piperidine rings is 1. The van der Waals surface area contributed by atoms with Crippen LogP contribution in [0.2, 0.25) is 0 Å². The standard InChI is InChI=1S/C15H22N6O5S/c16-13(23)18-11-10(27-15(19-11)20-4-6-25-7-5-20)12(22)26-9-2-1-3-21(8-9)14(17)24/h9H,1-8H2,(H2,17,24)(H3,16,18,23). The lowest BCUT2D eigenvalue weighted by Gasteiger charge is -2.30. The molecule has 3 rings (SSSR count). The van der Waals surface area contributed by atoms with E-state index in [4.69, 9.17) is 20.9 Å². The van der Waals surface area contributed by atoms with Crippen molar-refractivity contribution in [1.29, 1.82) is 0 Å². The number of urea groups is 2. The van der Waals surface area contributed by atoms with E-state index in [9.17, 15) is 14.4 Å². The van der Waals surface area contributed by atoms with Crippen molar-refractivity contribution in [3.05, 3.63) is 4.88 Å². The summed E-state index contributed by atoms with van der Waals surface area (Å²) >= 11 is 1.12. The zero-order chi connectivity index (χ0) is 19.4. The molecular formula is C15H22N6O5S. The molecule has 4 amide bonds. The van der Waals surface area contributed by atoms with Gasteiger partial charge in [0.25, 0.3) is 0 Å². The highest BCUT2D eigenvalue weighted by Crippen LogP contribution is 2.31. The zero-order valence-corrected chi connectivity index (χ0v) is 15.5. The maximum absolute atomic E-state index is 12.7. The largest absolute Gasteiger partial charge is 0.456 e. The number of rotatable bonds is 4. The molecule has 2 fully saturated rings. The lowest BCUT2D eigenvalue weighted by atomic mass is 10.1. The van der Waals surface area contributed by atoms with Crippen LogP contribution in [0.4, 0.5) is 20.5 Å². The lowest BCUT2D eigenvalue weighted by molar-refractivity contribution is 0.0134. The number of primary amides is 2. The van der Waals surface area contributed by atoms with Crippen molar-refractivity contribution in [1.82, 2.24) is 9.88 Å². The van der Waals surface area contributed by atoms with Gasteiger partial charge in [0, 0.05) is 19.6 Å². The third kappa shape index (κ3) is 4.77. The van der Waals surface area contributed by atoms with Crippen LogP contribution in [0.25, 0.3) is 0 Å². The number of thiazole rings is 1. The van der Waals surface area contributed by atoms with Crippen LogP contribution in [0.1, 0.15) is 22.5 Å². The normalized spacial score (nSPS) is 20.2. The van der Waals surface area contributed by atoms with Crippen LogP contribution in [0.15, 0.2) is 0 Å². The Labute approximate surface area is 159 Å². The quantitative estimate of drug-likeness (QED) is 0.611. The lowest BCUT2D eigenvalue weighted by Crippen LogP contribution is -2.46. The van der Waals surface area contributed by atoms with Gasteiger partial charge in [0.1, 0.15) is 6.10 Å². The molecule has 0 bridgehead atoms. The van der Waals surface area contributed by atoms with E-state index in [1.807, 2.05) is 4.90 Å². The fraction of sp³-hybridized carbons (Fsp3) is 0.600. The third-order valence-electron chi connectivity index (χ3n) is 4.29. The van der Waals surface area contributed by atoms with Crippen LogP contribution in [0, 0.1) is 0 Å². The molecule has 5 N–H and O–H groups in total. The Morgan fingerprint density at radius 1 is 1.22 bits per heavy atom. The van der Waals surface area contributed by atoms with Gasteiger partial charge in [-0.2, -0.15) is 0 Å². The molecule has 3 heterocycles. The Bertz CT molecular complexity index is 720. The highest BCUT2D eigenvalue weighted by molar-refractivity contribution is 7.18. The van der Waals surface area contributed by atoms with Crippen LogP contribution in [-0.2, 0) is 9.47 Å². The minimum Gasteiger partial charge on any atom is -0.456 e. The van der Waals surface area contributed by atoms with Gasteiger partial charge in [-0.1, -0.05) is 11.3 Å². The molecule has 1 unspecified atom stereocenters. The van der Waals surface area contributed by atoms with E-state index in [0.717, 1.165) is 11.3 Å². The number of hydrogen-bond acceptors (Lipinski definition) is 8. The zero-order valence-electron chi connectivity index (χ0n) is 14.7. The minimum atomic E-state index is -0.819. The number of nitrogens with one attached hydrogen (secondary N) is 1. The number of morpholine rings is 1. The number of nitrogens with zero attached hydrogens (tertiary/aromatic N) is 3. The summed E-state index contributed by atoms with van der Waals surface area (Å²) in [4.78, 5) is 43.2. The summed E-state index contributed by atoms with van der Waals surface area (Å²) in [6.45, 7) is 3.17. The molecule has 1 atom stereocenters. The molecule has 1 aromatic heterocycles. The van der Waals surface area contributed by atoms with Crippen LogP contribution >= 0.6 is 11.3 Å². The molecule has 11 nitrogen and oxygen atoms in total. The second-order valence-electron chi connectivity index (χ2n) is 6.22. The van der Waals surface area contributed by atoms with Gasteiger partial charge in [0.2, 0.25) is 0 Å². The molecule has 0 aliphatic carbocycles. The van der Waals surface area contributed by atoms with Gasteiger partial charge in [0.15, 0.2) is 15.8 Å². The molecule has 2 saturated heterocycles. The van der Waals surface area contributed by atoms with Gasteiger partial charge in [-0.25, -0.2) is 19.4 Å². The Morgan fingerprint density at radius 3 is 2.63 bits per heavy atom. The van der Waals surface area contributed by atoms with Crippen molar-refractivity contribution in [2.75, 3.05) is 49.6 Å².